The predicted molar refractivity (Wildman–Crippen MR) is 46.4 cm³/mol. The van der Waals surface area contributed by atoms with Gasteiger partial charge in [0, 0.05) is 0 Å². The van der Waals surface area contributed by atoms with E-state index in [1.165, 1.54) is 0 Å². The second-order valence-electron chi connectivity index (χ2n) is 2.18. The number of rotatable bonds is 0. The second-order valence-corrected chi connectivity index (χ2v) is 3.35. The Morgan fingerprint density at radius 2 is 2.10 bits per heavy atom. The Bertz CT molecular complexity index is 237. The number of halogens is 2. The summed E-state index contributed by atoms with van der Waals surface area (Å²) >= 11 is 9.03. The van der Waals surface area contributed by atoms with Crippen LogP contribution in [0, 0.1) is 13.8 Å². The predicted octanol–water partition coefficient (Wildman–Crippen LogP) is 3.11. The van der Waals surface area contributed by atoms with Crippen LogP contribution in [0.1, 0.15) is 11.1 Å². The maximum atomic E-state index is 5.78. The molecular weight excluding hydrogens is 213 g/mol. The fourth-order valence-corrected chi connectivity index (χ4v) is 1.52. The minimum absolute atomic E-state index is 0.576. The Labute approximate surface area is 73.6 Å². The quantitative estimate of drug-likeness (QED) is 0.612. The van der Waals surface area contributed by atoms with E-state index in [0.717, 1.165) is 15.7 Å². The Morgan fingerprint density at radius 1 is 1.50 bits per heavy atom. The summed E-state index contributed by atoms with van der Waals surface area (Å²) in [6.07, 6.45) is 0. The zero-order valence-electron chi connectivity index (χ0n) is 5.78. The summed E-state index contributed by atoms with van der Waals surface area (Å²) in [5.74, 6) is 0. The lowest BCUT2D eigenvalue weighted by atomic mass is 10.2. The van der Waals surface area contributed by atoms with Gasteiger partial charge in [-0.05, 0) is 47.0 Å². The normalized spacial score (nSPS) is 10.0. The van der Waals surface area contributed by atoms with Crippen LogP contribution in [0.4, 0.5) is 0 Å². The van der Waals surface area contributed by atoms with Gasteiger partial charge in [-0.2, -0.15) is 0 Å². The molecule has 1 heterocycles. The SMILES string of the molecule is Cc1cc(Br)nc(Cl)c1C. The molecule has 10 heavy (non-hydrogen) atoms. The average molecular weight is 220 g/mol. The third kappa shape index (κ3) is 1.50. The molecule has 1 aromatic heterocycles. The van der Waals surface area contributed by atoms with Crippen LogP contribution in [0.5, 0.6) is 0 Å². The monoisotopic (exact) mass is 219 g/mol. The molecule has 0 atom stereocenters. The van der Waals surface area contributed by atoms with Crippen LogP contribution in [0.25, 0.3) is 0 Å². The van der Waals surface area contributed by atoms with Crippen LogP contribution in [0.3, 0.4) is 0 Å². The van der Waals surface area contributed by atoms with Crippen molar-refractivity contribution in [3.05, 3.63) is 26.9 Å². The van der Waals surface area contributed by atoms with Gasteiger partial charge in [0.05, 0.1) is 0 Å². The molecule has 0 N–H and O–H groups in total. The van der Waals surface area contributed by atoms with Gasteiger partial charge in [0.25, 0.3) is 0 Å². The van der Waals surface area contributed by atoms with Crippen molar-refractivity contribution in [2.45, 2.75) is 13.8 Å². The summed E-state index contributed by atoms with van der Waals surface area (Å²) in [6.45, 7) is 3.96. The molecule has 0 saturated carbocycles. The van der Waals surface area contributed by atoms with E-state index in [9.17, 15) is 0 Å². The van der Waals surface area contributed by atoms with Gasteiger partial charge in [-0.3, -0.25) is 0 Å². The van der Waals surface area contributed by atoms with E-state index in [1.54, 1.807) is 0 Å². The van der Waals surface area contributed by atoms with Gasteiger partial charge in [0.15, 0.2) is 0 Å². The van der Waals surface area contributed by atoms with Crippen molar-refractivity contribution in [1.82, 2.24) is 4.98 Å². The summed E-state index contributed by atoms with van der Waals surface area (Å²) in [6, 6.07) is 1.95. The highest BCUT2D eigenvalue weighted by Gasteiger charge is 2.00. The van der Waals surface area contributed by atoms with E-state index in [-0.39, 0.29) is 0 Å². The lowest BCUT2D eigenvalue weighted by Crippen LogP contribution is -1.86. The highest BCUT2D eigenvalue weighted by atomic mass is 79.9. The third-order valence-electron chi connectivity index (χ3n) is 1.44. The standard InChI is InChI=1S/C7H7BrClN/c1-4-3-6(8)10-7(9)5(4)2/h3H,1-2H3. The van der Waals surface area contributed by atoms with Crippen molar-refractivity contribution in [1.29, 1.82) is 0 Å². The molecule has 0 saturated heterocycles. The summed E-state index contributed by atoms with van der Waals surface area (Å²) in [5, 5.41) is 0.576. The molecule has 0 aliphatic rings. The van der Waals surface area contributed by atoms with Crippen LogP contribution < -0.4 is 0 Å². The zero-order valence-corrected chi connectivity index (χ0v) is 8.12. The number of nitrogens with zero attached hydrogens (tertiary/aromatic N) is 1. The fourth-order valence-electron chi connectivity index (χ4n) is 0.660. The molecule has 0 spiro atoms. The van der Waals surface area contributed by atoms with E-state index in [1.807, 2.05) is 19.9 Å². The van der Waals surface area contributed by atoms with Crippen molar-refractivity contribution in [2.75, 3.05) is 0 Å². The van der Waals surface area contributed by atoms with Crippen molar-refractivity contribution in [3.8, 4) is 0 Å². The van der Waals surface area contributed by atoms with Gasteiger partial charge in [-0.25, -0.2) is 4.98 Å². The van der Waals surface area contributed by atoms with E-state index >= 15 is 0 Å². The smallest absolute Gasteiger partial charge is 0.133 e. The van der Waals surface area contributed by atoms with Crippen molar-refractivity contribution >= 4 is 27.5 Å². The first-order chi connectivity index (χ1) is 4.61. The summed E-state index contributed by atoms with van der Waals surface area (Å²) in [5.41, 5.74) is 2.21. The molecule has 3 heteroatoms. The fraction of sp³-hybridized carbons (Fsp3) is 0.286. The van der Waals surface area contributed by atoms with E-state index in [0.29, 0.717) is 5.15 Å². The van der Waals surface area contributed by atoms with E-state index < -0.39 is 0 Å². The van der Waals surface area contributed by atoms with Crippen LogP contribution >= 0.6 is 27.5 Å². The molecule has 1 rings (SSSR count). The molecule has 54 valence electrons. The molecule has 0 aliphatic heterocycles. The molecule has 0 amide bonds. The van der Waals surface area contributed by atoms with Crippen LogP contribution in [0.2, 0.25) is 5.15 Å². The number of pyridine rings is 1. The average Bonchev–Trinajstić information content (AvgIpc) is 1.82. The first kappa shape index (κ1) is 8.02. The topological polar surface area (TPSA) is 12.9 Å². The Balaban J connectivity index is 3.31. The molecule has 1 aromatic rings. The van der Waals surface area contributed by atoms with E-state index in [2.05, 4.69) is 20.9 Å². The van der Waals surface area contributed by atoms with Crippen molar-refractivity contribution in [3.63, 3.8) is 0 Å². The van der Waals surface area contributed by atoms with Crippen LogP contribution in [0.15, 0.2) is 10.7 Å². The highest BCUT2D eigenvalue weighted by Crippen LogP contribution is 2.19. The highest BCUT2D eigenvalue weighted by molar-refractivity contribution is 9.10. The number of aromatic nitrogens is 1. The molecule has 1 nitrogen and oxygen atoms in total. The largest absolute Gasteiger partial charge is 0.229 e. The first-order valence-electron chi connectivity index (χ1n) is 2.90. The Hall–Kier alpha value is -0.0800. The summed E-state index contributed by atoms with van der Waals surface area (Å²) < 4.78 is 0.792. The van der Waals surface area contributed by atoms with Crippen LogP contribution in [-0.2, 0) is 0 Å². The molecule has 0 bridgehead atoms. The Morgan fingerprint density at radius 3 is 2.60 bits per heavy atom. The summed E-state index contributed by atoms with van der Waals surface area (Å²) in [7, 11) is 0. The van der Waals surface area contributed by atoms with Gasteiger partial charge in [0.1, 0.15) is 9.76 Å². The molecule has 0 aromatic carbocycles. The molecular formula is C7H7BrClN. The lowest BCUT2D eigenvalue weighted by molar-refractivity contribution is 1.18. The minimum Gasteiger partial charge on any atom is -0.229 e. The van der Waals surface area contributed by atoms with Gasteiger partial charge < -0.3 is 0 Å². The van der Waals surface area contributed by atoms with E-state index in [4.69, 9.17) is 11.6 Å². The first-order valence-corrected chi connectivity index (χ1v) is 4.07. The number of hydrogen-bond acceptors (Lipinski definition) is 1. The van der Waals surface area contributed by atoms with Gasteiger partial charge >= 0.3 is 0 Å². The zero-order chi connectivity index (χ0) is 7.72. The van der Waals surface area contributed by atoms with Crippen molar-refractivity contribution < 1.29 is 0 Å². The third-order valence-corrected chi connectivity index (χ3v) is 2.22. The number of aryl methyl sites for hydroxylation is 1. The van der Waals surface area contributed by atoms with Gasteiger partial charge in [-0.15, -0.1) is 0 Å². The molecule has 0 radical (unpaired) electrons. The lowest BCUT2D eigenvalue weighted by Gasteiger charge is -2.00. The van der Waals surface area contributed by atoms with Crippen LogP contribution in [-0.4, -0.2) is 4.98 Å². The molecule has 0 aliphatic carbocycles. The van der Waals surface area contributed by atoms with Gasteiger partial charge in [-0.1, -0.05) is 11.6 Å². The molecule has 0 fully saturated rings. The minimum atomic E-state index is 0.576. The molecule has 0 unspecified atom stereocenters. The maximum Gasteiger partial charge on any atom is 0.133 e. The second kappa shape index (κ2) is 2.89. The van der Waals surface area contributed by atoms with Crippen molar-refractivity contribution in [2.24, 2.45) is 0 Å². The number of hydrogen-bond donors (Lipinski definition) is 0. The summed E-state index contributed by atoms with van der Waals surface area (Å²) in [4.78, 5) is 4.02. The van der Waals surface area contributed by atoms with Gasteiger partial charge in [0.2, 0.25) is 0 Å². The Kier molecular flexibility index (Phi) is 2.32. The maximum absolute atomic E-state index is 5.78.